The largest absolute Gasteiger partial charge is 0.282 e. The van der Waals surface area contributed by atoms with Crippen LogP contribution in [0.4, 0.5) is 5.69 Å². The monoisotopic (exact) mass is 345 g/mol. The van der Waals surface area contributed by atoms with Crippen molar-refractivity contribution in [2.45, 2.75) is 0 Å². The van der Waals surface area contributed by atoms with Crippen LogP contribution in [0.2, 0.25) is 5.02 Å². The number of carbonyl (C=O) groups is 1. The minimum absolute atomic E-state index is 0.193. The molecule has 1 rings (SSSR count). The first-order valence-corrected chi connectivity index (χ1v) is 5.10. The van der Waals surface area contributed by atoms with Gasteiger partial charge < -0.3 is 0 Å². The SMILES string of the molecule is O=C(Cl)c1cc(Cl)c(I)cc1[N+](=O)[O-]. The maximum Gasteiger partial charge on any atom is 0.282 e. The van der Waals surface area contributed by atoms with Gasteiger partial charge in [-0.15, -0.1) is 0 Å². The number of benzene rings is 1. The molecule has 14 heavy (non-hydrogen) atoms. The average molecular weight is 346 g/mol. The zero-order valence-corrected chi connectivity index (χ0v) is 10.1. The Morgan fingerprint density at radius 2 is 2.07 bits per heavy atom. The second kappa shape index (κ2) is 4.41. The van der Waals surface area contributed by atoms with Gasteiger partial charge in [0.05, 0.1) is 9.95 Å². The Morgan fingerprint density at radius 3 is 2.50 bits per heavy atom. The van der Waals surface area contributed by atoms with Crippen molar-refractivity contribution >= 4 is 56.7 Å². The van der Waals surface area contributed by atoms with Crippen molar-refractivity contribution in [3.63, 3.8) is 0 Å². The standard InChI is InChI=1S/C7H2Cl2INO3/c8-4-1-3(7(9)12)6(11(13)14)2-5(4)10/h1-2H. The summed E-state index contributed by atoms with van der Waals surface area (Å²) in [5.74, 6) is 0. The summed E-state index contributed by atoms with van der Waals surface area (Å²) in [6.45, 7) is 0. The van der Waals surface area contributed by atoms with Crippen LogP contribution in [-0.4, -0.2) is 10.2 Å². The molecule has 0 aliphatic heterocycles. The second-order valence-electron chi connectivity index (χ2n) is 2.31. The highest BCUT2D eigenvalue weighted by atomic mass is 127. The molecule has 0 saturated carbocycles. The lowest BCUT2D eigenvalue weighted by Crippen LogP contribution is -1.99. The van der Waals surface area contributed by atoms with Gasteiger partial charge in [-0.25, -0.2) is 0 Å². The van der Waals surface area contributed by atoms with Crippen molar-refractivity contribution in [2.24, 2.45) is 0 Å². The van der Waals surface area contributed by atoms with Gasteiger partial charge in [-0.05, 0) is 40.3 Å². The Bertz CT molecular complexity index is 383. The molecule has 74 valence electrons. The van der Waals surface area contributed by atoms with E-state index >= 15 is 0 Å². The van der Waals surface area contributed by atoms with Crippen LogP contribution in [0.3, 0.4) is 0 Å². The third-order valence-electron chi connectivity index (χ3n) is 1.45. The van der Waals surface area contributed by atoms with E-state index in [1.807, 2.05) is 22.6 Å². The van der Waals surface area contributed by atoms with E-state index in [4.69, 9.17) is 23.2 Å². The third kappa shape index (κ3) is 2.34. The van der Waals surface area contributed by atoms with Gasteiger partial charge in [0.1, 0.15) is 5.56 Å². The second-order valence-corrected chi connectivity index (χ2v) is 4.23. The van der Waals surface area contributed by atoms with E-state index < -0.39 is 10.2 Å². The van der Waals surface area contributed by atoms with Crippen molar-refractivity contribution in [3.05, 3.63) is 36.4 Å². The summed E-state index contributed by atoms with van der Waals surface area (Å²) in [5.41, 5.74) is -0.527. The normalized spacial score (nSPS) is 9.93. The molecule has 1 aromatic carbocycles. The van der Waals surface area contributed by atoms with Gasteiger partial charge in [-0.1, -0.05) is 11.6 Å². The highest BCUT2D eigenvalue weighted by Crippen LogP contribution is 2.28. The molecule has 0 amide bonds. The summed E-state index contributed by atoms with van der Waals surface area (Å²) in [6, 6.07) is 2.40. The molecule has 4 nitrogen and oxygen atoms in total. The summed E-state index contributed by atoms with van der Waals surface area (Å²) >= 11 is 12.7. The molecular weight excluding hydrogens is 344 g/mol. The van der Waals surface area contributed by atoms with Crippen molar-refractivity contribution in [3.8, 4) is 0 Å². The highest BCUT2D eigenvalue weighted by molar-refractivity contribution is 14.1. The lowest BCUT2D eigenvalue weighted by molar-refractivity contribution is -0.385. The molecular formula is C7H2Cl2INO3. The molecule has 0 heterocycles. The summed E-state index contributed by atoms with van der Waals surface area (Å²) in [7, 11) is 0. The molecule has 0 unspecified atom stereocenters. The lowest BCUT2D eigenvalue weighted by Gasteiger charge is -2.00. The molecule has 0 bridgehead atoms. The minimum Gasteiger partial charge on any atom is -0.275 e. The Kier molecular flexibility index (Phi) is 3.68. The van der Waals surface area contributed by atoms with Crippen LogP contribution in [0.5, 0.6) is 0 Å². The number of hydrogen-bond donors (Lipinski definition) is 0. The molecule has 0 spiro atoms. The summed E-state index contributed by atoms with van der Waals surface area (Å²) in [5, 5.41) is 9.91. The number of nitro groups is 1. The van der Waals surface area contributed by atoms with E-state index in [9.17, 15) is 14.9 Å². The zero-order chi connectivity index (χ0) is 10.9. The minimum atomic E-state index is -0.894. The maximum atomic E-state index is 10.8. The van der Waals surface area contributed by atoms with Gasteiger partial charge in [-0.3, -0.25) is 14.9 Å². The maximum absolute atomic E-state index is 10.8. The molecule has 0 aliphatic carbocycles. The Morgan fingerprint density at radius 1 is 1.50 bits per heavy atom. The van der Waals surface area contributed by atoms with E-state index in [1.165, 1.54) is 12.1 Å². The van der Waals surface area contributed by atoms with E-state index in [1.54, 1.807) is 0 Å². The summed E-state index contributed by atoms with van der Waals surface area (Å²) in [4.78, 5) is 20.7. The number of carbonyl (C=O) groups excluding carboxylic acids is 1. The van der Waals surface area contributed by atoms with Gasteiger partial charge in [0, 0.05) is 9.64 Å². The Hall–Kier alpha value is -0.400. The topological polar surface area (TPSA) is 60.2 Å². The Balaban J connectivity index is 3.46. The zero-order valence-electron chi connectivity index (χ0n) is 6.46. The fourth-order valence-corrected chi connectivity index (χ4v) is 1.61. The third-order valence-corrected chi connectivity index (χ3v) is 3.17. The number of halogens is 3. The van der Waals surface area contributed by atoms with E-state index in [0.717, 1.165) is 0 Å². The van der Waals surface area contributed by atoms with E-state index in [0.29, 0.717) is 3.57 Å². The molecule has 0 aliphatic rings. The summed E-state index contributed by atoms with van der Waals surface area (Å²) in [6.07, 6.45) is 0. The fourth-order valence-electron chi connectivity index (χ4n) is 0.845. The van der Waals surface area contributed by atoms with Crippen LogP contribution in [0.1, 0.15) is 10.4 Å². The van der Waals surface area contributed by atoms with E-state index in [-0.39, 0.29) is 16.3 Å². The first-order valence-electron chi connectivity index (χ1n) is 3.26. The quantitative estimate of drug-likeness (QED) is 0.358. The highest BCUT2D eigenvalue weighted by Gasteiger charge is 2.20. The number of hydrogen-bond acceptors (Lipinski definition) is 3. The van der Waals surface area contributed by atoms with Gasteiger partial charge in [0.2, 0.25) is 0 Å². The van der Waals surface area contributed by atoms with Gasteiger partial charge in [-0.2, -0.15) is 0 Å². The van der Waals surface area contributed by atoms with Crippen LogP contribution < -0.4 is 0 Å². The van der Waals surface area contributed by atoms with Crippen molar-refractivity contribution in [1.82, 2.24) is 0 Å². The van der Waals surface area contributed by atoms with E-state index in [2.05, 4.69) is 0 Å². The van der Waals surface area contributed by atoms with Crippen LogP contribution in [0, 0.1) is 13.7 Å². The van der Waals surface area contributed by atoms with Crippen LogP contribution in [0.15, 0.2) is 12.1 Å². The van der Waals surface area contributed by atoms with Crippen molar-refractivity contribution < 1.29 is 9.72 Å². The number of nitrogens with zero attached hydrogens (tertiary/aromatic N) is 1. The number of nitro benzene ring substituents is 1. The molecule has 0 atom stereocenters. The smallest absolute Gasteiger partial charge is 0.275 e. The molecule has 0 fully saturated rings. The fraction of sp³-hybridized carbons (Fsp3) is 0. The molecule has 0 radical (unpaired) electrons. The van der Waals surface area contributed by atoms with Gasteiger partial charge in [0.25, 0.3) is 10.9 Å². The van der Waals surface area contributed by atoms with Gasteiger partial charge >= 0.3 is 0 Å². The summed E-state index contributed by atoms with van der Waals surface area (Å²) < 4.78 is 0.498. The first-order chi connectivity index (χ1) is 6.43. The van der Waals surface area contributed by atoms with Crippen LogP contribution >= 0.6 is 45.8 Å². The van der Waals surface area contributed by atoms with Gasteiger partial charge in [0.15, 0.2) is 0 Å². The van der Waals surface area contributed by atoms with Crippen LogP contribution in [0.25, 0.3) is 0 Å². The predicted octanol–water partition coefficient (Wildman–Crippen LogP) is 3.23. The molecule has 0 N–H and O–H groups in total. The lowest BCUT2D eigenvalue weighted by atomic mass is 10.2. The van der Waals surface area contributed by atoms with Crippen molar-refractivity contribution in [2.75, 3.05) is 0 Å². The van der Waals surface area contributed by atoms with Crippen LogP contribution in [-0.2, 0) is 0 Å². The predicted molar refractivity (Wildman–Crippen MR) is 61.0 cm³/mol. The molecule has 1 aromatic rings. The molecule has 0 saturated heterocycles. The average Bonchev–Trinajstić information content (AvgIpc) is 2.08. The van der Waals surface area contributed by atoms with Crippen molar-refractivity contribution in [1.29, 1.82) is 0 Å². The molecule has 0 aromatic heterocycles. The first kappa shape index (κ1) is 11.7. The number of rotatable bonds is 2. The molecule has 7 heteroatoms. The Labute approximate surface area is 102 Å².